The molecule has 0 spiro atoms. The van der Waals surface area contributed by atoms with Crippen LogP contribution in [0.4, 0.5) is 5.69 Å². The maximum atomic E-state index is 12.2. The highest BCUT2D eigenvalue weighted by molar-refractivity contribution is 8.00. The maximum Gasteiger partial charge on any atom is 0.304 e. The summed E-state index contributed by atoms with van der Waals surface area (Å²) in [5.74, 6) is 0.961. The van der Waals surface area contributed by atoms with Crippen LogP contribution in [0, 0.1) is 0 Å². The number of para-hydroxylation sites is 1. The number of carboxylic acid groups (broad SMARTS) is 1. The van der Waals surface area contributed by atoms with E-state index in [4.69, 9.17) is 5.11 Å². The second-order valence-electron chi connectivity index (χ2n) is 4.06. The first-order chi connectivity index (χ1) is 9.18. The molecule has 0 atom stereocenters. The second kappa shape index (κ2) is 6.86. The molecule has 1 heterocycles. The van der Waals surface area contributed by atoms with E-state index in [0.717, 1.165) is 22.9 Å². The number of carbonyl (C=O) groups excluding carboxylic acids is 1. The molecule has 6 heteroatoms. The van der Waals surface area contributed by atoms with E-state index >= 15 is 0 Å². The van der Waals surface area contributed by atoms with Gasteiger partial charge in [-0.2, -0.15) is 11.8 Å². The maximum absolute atomic E-state index is 12.2. The minimum atomic E-state index is -0.820. The number of carboxylic acids is 1. The molecule has 1 aliphatic rings. The van der Waals surface area contributed by atoms with E-state index in [2.05, 4.69) is 0 Å². The van der Waals surface area contributed by atoms with Gasteiger partial charge in [-0.25, -0.2) is 0 Å². The van der Waals surface area contributed by atoms with Gasteiger partial charge >= 0.3 is 5.97 Å². The van der Waals surface area contributed by atoms with Gasteiger partial charge in [0.1, 0.15) is 0 Å². The molecule has 19 heavy (non-hydrogen) atoms. The molecular formula is C13H15NO3S2. The van der Waals surface area contributed by atoms with Gasteiger partial charge in [0.25, 0.3) is 0 Å². The molecule has 0 aromatic heterocycles. The number of benzene rings is 1. The molecule has 1 N–H and O–H groups in total. The molecule has 0 unspecified atom stereocenters. The van der Waals surface area contributed by atoms with E-state index in [1.54, 1.807) is 16.7 Å². The van der Waals surface area contributed by atoms with Crippen LogP contribution in [0.1, 0.15) is 6.42 Å². The van der Waals surface area contributed by atoms with E-state index in [0.29, 0.717) is 11.5 Å². The molecule has 0 saturated heterocycles. The molecule has 0 aliphatic carbocycles. The summed E-state index contributed by atoms with van der Waals surface area (Å²) in [5.41, 5.74) is 0.975. The Morgan fingerprint density at radius 2 is 2.16 bits per heavy atom. The lowest BCUT2D eigenvalue weighted by Gasteiger charge is -2.28. The third kappa shape index (κ3) is 3.91. The first-order valence-corrected chi connectivity index (χ1v) is 8.14. The predicted octanol–water partition coefficient (Wildman–Crippen LogP) is 2.33. The third-order valence-corrected chi connectivity index (χ3v) is 4.70. The van der Waals surface area contributed by atoms with Crippen LogP contribution in [0.2, 0.25) is 0 Å². The summed E-state index contributed by atoms with van der Waals surface area (Å²) in [4.78, 5) is 25.5. The number of rotatable bonds is 5. The zero-order chi connectivity index (χ0) is 13.7. The van der Waals surface area contributed by atoms with E-state index in [9.17, 15) is 9.59 Å². The van der Waals surface area contributed by atoms with E-state index in [-0.39, 0.29) is 12.3 Å². The van der Waals surface area contributed by atoms with Gasteiger partial charge in [-0.1, -0.05) is 12.1 Å². The fraction of sp³-hybridized carbons (Fsp3) is 0.385. The van der Waals surface area contributed by atoms with Crippen molar-refractivity contribution in [2.24, 2.45) is 0 Å². The summed E-state index contributed by atoms with van der Waals surface area (Å²) >= 11 is 3.14. The van der Waals surface area contributed by atoms with Crippen molar-refractivity contribution in [1.82, 2.24) is 0 Å². The molecule has 2 rings (SSSR count). The quantitative estimate of drug-likeness (QED) is 0.845. The Hall–Kier alpha value is -1.14. The fourth-order valence-electron chi connectivity index (χ4n) is 1.83. The van der Waals surface area contributed by atoms with Gasteiger partial charge in [0.05, 0.1) is 17.9 Å². The number of thioether (sulfide) groups is 2. The predicted molar refractivity (Wildman–Crippen MR) is 79.1 cm³/mol. The SMILES string of the molecule is O=C(O)CCSCC(=O)N1CCSc2ccccc21. The minimum Gasteiger partial charge on any atom is -0.481 e. The summed E-state index contributed by atoms with van der Waals surface area (Å²) in [5, 5.41) is 8.55. The Labute approximate surface area is 120 Å². The Morgan fingerprint density at radius 1 is 1.37 bits per heavy atom. The zero-order valence-corrected chi connectivity index (χ0v) is 12.0. The first kappa shape index (κ1) is 14.3. The monoisotopic (exact) mass is 297 g/mol. The summed E-state index contributed by atoms with van der Waals surface area (Å²) in [6.45, 7) is 0.722. The average molecular weight is 297 g/mol. The van der Waals surface area contributed by atoms with E-state index in [1.165, 1.54) is 11.8 Å². The van der Waals surface area contributed by atoms with Gasteiger partial charge in [0.15, 0.2) is 0 Å². The fourth-order valence-corrected chi connectivity index (χ4v) is 3.61. The zero-order valence-electron chi connectivity index (χ0n) is 10.4. The second-order valence-corrected chi connectivity index (χ2v) is 6.30. The van der Waals surface area contributed by atoms with Gasteiger partial charge in [-0.3, -0.25) is 9.59 Å². The Kier molecular flexibility index (Phi) is 5.15. The van der Waals surface area contributed by atoms with Crippen molar-refractivity contribution in [3.8, 4) is 0 Å². The van der Waals surface area contributed by atoms with Crippen LogP contribution in [0.15, 0.2) is 29.2 Å². The van der Waals surface area contributed by atoms with Gasteiger partial charge in [0, 0.05) is 22.9 Å². The molecule has 1 aliphatic heterocycles. The summed E-state index contributed by atoms with van der Waals surface area (Å²) < 4.78 is 0. The number of fused-ring (bicyclic) bond motifs is 1. The molecule has 0 bridgehead atoms. The molecule has 1 aromatic carbocycles. The van der Waals surface area contributed by atoms with Crippen molar-refractivity contribution in [3.63, 3.8) is 0 Å². The van der Waals surface area contributed by atoms with E-state index in [1.807, 2.05) is 24.3 Å². The standard InChI is InChI=1S/C13H15NO3S2/c15-12(9-18-7-5-13(16)17)14-6-8-19-11-4-2-1-3-10(11)14/h1-4H,5-9H2,(H,16,17). The van der Waals surface area contributed by atoms with Gasteiger partial charge < -0.3 is 10.0 Å². The number of hydrogen-bond acceptors (Lipinski definition) is 4. The highest BCUT2D eigenvalue weighted by atomic mass is 32.2. The Bertz CT molecular complexity index is 479. The molecule has 102 valence electrons. The lowest BCUT2D eigenvalue weighted by molar-refractivity contribution is -0.136. The number of nitrogens with zero attached hydrogens (tertiary/aromatic N) is 1. The summed E-state index contributed by atoms with van der Waals surface area (Å²) in [6.07, 6.45) is 0.102. The Balaban J connectivity index is 1.92. The van der Waals surface area contributed by atoms with Gasteiger partial charge in [0.2, 0.25) is 5.91 Å². The number of aliphatic carboxylic acids is 1. The van der Waals surface area contributed by atoms with Crippen molar-refractivity contribution in [2.75, 3.05) is 28.7 Å². The molecule has 4 nitrogen and oxygen atoms in total. The molecule has 0 fully saturated rings. The molecule has 1 amide bonds. The topological polar surface area (TPSA) is 57.6 Å². The van der Waals surface area contributed by atoms with Crippen LogP contribution in [-0.2, 0) is 9.59 Å². The van der Waals surface area contributed by atoms with Crippen molar-refractivity contribution in [3.05, 3.63) is 24.3 Å². The number of anilines is 1. The number of amides is 1. The largest absolute Gasteiger partial charge is 0.481 e. The van der Waals surface area contributed by atoms with Crippen molar-refractivity contribution >= 4 is 41.1 Å². The highest BCUT2D eigenvalue weighted by Crippen LogP contribution is 2.34. The smallest absolute Gasteiger partial charge is 0.304 e. The number of hydrogen-bond donors (Lipinski definition) is 1. The highest BCUT2D eigenvalue weighted by Gasteiger charge is 2.22. The van der Waals surface area contributed by atoms with Crippen molar-refractivity contribution in [1.29, 1.82) is 0 Å². The first-order valence-electron chi connectivity index (χ1n) is 6.00. The van der Waals surface area contributed by atoms with E-state index < -0.39 is 5.97 Å². The summed E-state index contributed by atoms with van der Waals surface area (Å²) in [7, 11) is 0. The van der Waals surface area contributed by atoms with Crippen LogP contribution < -0.4 is 4.90 Å². The lowest BCUT2D eigenvalue weighted by atomic mass is 10.3. The average Bonchev–Trinajstić information content (AvgIpc) is 2.42. The van der Waals surface area contributed by atoms with Crippen LogP contribution in [-0.4, -0.2) is 40.8 Å². The normalized spacial score (nSPS) is 14.0. The van der Waals surface area contributed by atoms with Crippen molar-refractivity contribution < 1.29 is 14.7 Å². The van der Waals surface area contributed by atoms with Crippen LogP contribution in [0.5, 0.6) is 0 Å². The molecule has 0 radical (unpaired) electrons. The van der Waals surface area contributed by atoms with Crippen molar-refractivity contribution in [2.45, 2.75) is 11.3 Å². The van der Waals surface area contributed by atoms with Gasteiger partial charge in [-0.15, -0.1) is 11.8 Å². The minimum absolute atomic E-state index is 0.0585. The Morgan fingerprint density at radius 3 is 2.95 bits per heavy atom. The van der Waals surface area contributed by atoms with Crippen LogP contribution in [0.3, 0.4) is 0 Å². The molecular weight excluding hydrogens is 282 g/mol. The van der Waals surface area contributed by atoms with Gasteiger partial charge in [-0.05, 0) is 12.1 Å². The van der Waals surface area contributed by atoms with Crippen LogP contribution >= 0.6 is 23.5 Å². The lowest BCUT2D eigenvalue weighted by Crippen LogP contribution is -2.36. The summed E-state index contributed by atoms with van der Waals surface area (Å²) in [6, 6.07) is 7.89. The molecule has 1 aromatic rings. The number of carbonyl (C=O) groups is 2. The molecule has 0 saturated carbocycles. The third-order valence-electron chi connectivity index (χ3n) is 2.72. The van der Waals surface area contributed by atoms with Crippen LogP contribution in [0.25, 0.3) is 0 Å².